The molecule has 1 aromatic carbocycles. The number of hydrogen-bond donors (Lipinski definition) is 2. The molecule has 21 heavy (non-hydrogen) atoms. The molecule has 0 amide bonds. The number of nitrogens with one attached hydrogen (secondary N) is 1. The molecule has 0 unspecified atom stereocenters. The fourth-order valence-electron chi connectivity index (χ4n) is 1.47. The molecule has 0 saturated carbocycles. The van der Waals surface area contributed by atoms with Crippen LogP contribution in [0, 0.1) is 6.92 Å². The maximum Gasteiger partial charge on any atom is 0.337 e. The molecule has 2 aromatic rings. The molecule has 0 aliphatic rings. The van der Waals surface area contributed by atoms with Gasteiger partial charge in [-0.25, -0.2) is 17.9 Å². The highest BCUT2D eigenvalue weighted by molar-refractivity contribution is 7.92. The Hall–Kier alpha value is -1.77. The number of oxazole rings is 1. The van der Waals surface area contributed by atoms with Crippen LogP contribution >= 0.6 is 23.2 Å². The van der Waals surface area contributed by atoms with Gasteiger partial charge in [-0.1, -0.05) is 23.2 Å². The lowest BCUT2D eigenvalue weighted by atomic mass is 10.2. The van der Waals surface area contributed by atoms with Gasteiger partial charge in [0.05, 0.1) is 21.3 Å². The lowest BCUT2D eigenvalue weighted by Crippen LogP contribution is -2.15. The van der Waals surface area contributed by atoms with Gasteiger partial charge in [-0.05, 0) is 19.1 Å². The Morgan fingerprint density at radius 2 is 2.00 bits per heavy atom. The number of hydrogen-bond acceptors (Lipinski definition) is 5. The third-order valence-corrected chi connectivity index (χ3v) is 4.48. The van der Waals surface area contributed by atoms with E-state index in [-0.39, 0.29) is 21.6 Å². The van der Waals surface area contributed by atoms with E-state index < -0.39 is 20.9 Å². The summed E-state index contributed by atoms with van der Waals surface area (Å²) in [6, 6.07) is 1.66. The van der Waals surface area contributed by atoms with Crippen molar-refractivity contribution in [2.45, 2.75) is 11.8 Å². The van der Waals surface area contributed by atoms with Crippen molar-refractivity contribution >= 4 is 45.2 Å². The number of aryl methyl sites for hydroxylation is 1. The molecule has 0 aliphatic carbocycles. The monoisotopic (exact) mass is 350 g/mol. The summed E-state index contributed by atoms with van der Waals surface area (Å²) in [7, 11) is -4.16. The minimum Gasteiger partial charge on any atom is -0.478 e. The summed E-state index contributed by atoms with van der Waals surface area (Å²) in [5.41, 5.74) is 0.0890. The van der Waals surface area contributed by atoms with Crippen LogP contribution in [0.15, 0.2) is 27.7 Å². The van der Waals surface area contributed by atoms with E-state index in [9.17, 15) is 13.2 Å². The third-order valence-electron chi connectivity index (χ3n) is 2.38. The molecule has 7 nitrogen and oxygen atoms in total. The molecular formula is C11H8Cl2N2O5S. The van der Waals surface area contributed by atoms with Gasteiger partial charge >= 0.3 is 12.0 Å². The van der Waals surface area contributed by atoms with E-state index in [4.69, 9.17) is 32.7 Å². The van der Waals surface area contributed by atoms with Gasteiger partial charge in [-0.3, -0.25) is 0 Å². The largest absolute Gasteiger partial charge is 0.478 e. The normalized spacial score (nSPS) is 11.4. The van der Waals surface area contributed by atoms with Crippen LogP contribution < -0.4 is 4.72 Å². The lowest BCUT2D eigenvalue weighted by molar-refractivity contribution is 0.0697. The Morgan fingerprint density at radius 1 is 1.33 bits per heavy atom. The Morgan fingerprint density at radius 3 is 2.52 bits per heavy atom. The van der Waals surface area contributed by atoms with E-state index in [1.807, 2.05) is 0 Å². The predicted molar refractivity (Wildman–Crippen MR) is 75.5 cm³/mol. The summed E-state index contributed by atoms with van der Waals surface area (Å²) in [4.78, 5) is 14.3. The first-order valence-corrected chi connectivity index (χ1v) is 7.62. The first kappa shape index (κ1) is 15.6. The Labute approximate surface area is 129 Å². The van der Waals surface area contributed by atoms with Gasteiger partial charge in [0.25, 0.3) is 10.0 Å². The van der Waals surface area contributed by atoms with Crippen LogP contribution in [0.3, 0.4) is 0 Å². The molecule has 0 radical (unpaired) electrons. The summed E-state index contributed by atoms with van der Waals surface area (Å²) >= 11 is 11.5. The number of sulfonamides is 1. The van der Waals surface area contributed by atoms with Crippen molar-refractivity contribution in [3.63, 3.8) is 0 Å². The zero-order valence-electron chi connectivity index (χ0n) is 10.4. The second-order valence-electron chi connectivity index (χ2n) is 3.97. The number of rotatable bonds is 4. The maximum atomic E-state index is 12.2. The van der Waals surface area contributed by atoms with Crippen LogP contribution in [0.25, 0.3) is 0 Å². The Balaban J connectivity index is 2.49. The van der Waals surface area contributed by atoms with Gasteiger partial charge in [0.15, 0.2) is 0 Å². The summed E-state index contributed by atoms with van der Waals surface area (Å²) in [5, 5.41) is 8.58. The molecule has 0 saturated heterocycles. The molecule has 0 spiro atoms. The fraction of sp³-hybridized carbons (Fsp3) is 0.0909. The van der Waals surface area contributed by atoms with Crippen LogP contribution in [0.4, 0.5) is 6.01 Å². The number of nitrogens with zero attached hydrogens (tertiary/aromatic N) is 1. The van der Waals surface area contributed by atoms with Gasteiger partial charge < -0.3 is 9.52 Å². The van der Waals surface area contributed by atoms with E-state index in [2.05, 4.69) is 9.71 Å². The van der Waals surface area contributed by atoms with Gasteiger partial charge in [-0.15, -0.1) is 0 Å². The van der Waals surface area contributed by atoms with E-state index in [0.717, 1.165) is 12.1 Å². The van der Waals surface area contributed by atoms with Crippen LogP contribution in [0.5, 0.6) is 0 Å². The fourth-order valence-corrected chi connectivity index (χ4v) is 3.26. The molecule has 0 bridgehead atoms. The number of aromatic nitrogens is 1. The highest BCUT2D eigenvalue weighted by Gasteiger charge is 2.24. The smallest absolute Gasteiger partial charge is 0.337 e. The summed E-state index contributed by atoms with van der Waals surface area (Å²) in [5.74, 6) is -1.37. The Kier molecular flexibility index (Phi) is 4.13. The molecule has 0 atom stereocenters. The van der Waals surface area contributed by atoms with Crippen molar-refractivity contribution in [1.82, 2.24) is 4.98 Å². The molecule has 0 aliphatic heterocycles. The third kappa shape index (κ3) is 3.29. The van der Waals surface area contributed by atoms with Gasteiger partial charge in [0, 0.05) is 0 Å². The second-order valence-corrected chi connectivity index (χ2v) is 6.43. The molecule has 112 valence electrons. The van der Waals surface area contributed by atoms with E-state index in [0.29, 0.717) is 5.69 Å². The topological polar surface area (TPSA) is 110 Å². The number of carboxylic acids is 1. The zero-order valence-corrected chi connectivity index (χ0v) is 12.8. The number of aromatic carboxylic acids is 1. The molecule has 2 N–H and O–H groups in total. The van der Waals surface area contributed by atoms with Crippen molar-refractivity contribution in [3.05, 3.63) is 39.7 Å². The molecule has 0 fully saturated rings. The van der Waals surface area contributed by atoms with Crippen LogP contribution in [0.1, 0.15) is 16.1 Å². The van der Waals surface area contributed by atoms with Crippen molar-refractivity contribution in [1.29, 1.82) is 0 Å². The van der Waals surface area contributed by atoms with Crippen molar-refractivity contribution in [2.75, 3.05) is 4.72 Å². The molecule has 2 rings (SSSR count). The van der Waals surface area contributed by atoms with Crippen LogP contribution in [-0.4, -0.2) is 24.5 Å². The van der Waals surface area contributed by atoms with Gasteiger partial charge in [0.2, 0.25) is 0 Å². The first-order valence-electron chi connectivity index (χ1n) is 5.38. The summed E-state index contributed by atoms with van der Waals surface area (Å²) in [6.07, 6.45) is 1.25. The van der Waals surface area contributed by atoms with Crippen LogP contribution in [0.2, 0.25) is 10.0 Å². The minimum absolute atomic E-state index is 0.168. The highest BCUT2D eigenvalue weighted by Crippen LogP contribution is 2.29. The number of halogens is 2. The second kappa shape index (κ2) is 5.55. The number of benzene rings is 1. The average molecular weight is 351 g/mol. The van der Waals surface area contributed by atoms with E-state index >= 15 is 0 Å². The highest BCUT2D eigenvalue weighted by atomic mass is 35.5. The minimum atomic E-state index is -4.16. The summed E-state index contributed by atoms with van der Waals surface area (Å²) in [6.45, 7) is 1.61. The molecule has 1 heterocycles. The Bertz CT molecular complexity index is 816. The van der Waals surface area contributed by atoms with Gasteiger partial charge in [-0.2, -0.15) is 4.98 Å². The predicted octanol–water partition coefficient (Wildman–Crippen LogP) is 2.79. The molecule has 1 aromatic heterocycles. The number of anilines is 1. The maximum absolute atomic E-state index is 12.2. The van der Waals surface area contributed by atoms with E-state index in [1.54, 1.807) is 6.92 Å². The van der Waals surface area contributed by atoms with E-state index in [1.165, 1.54) is 6.26 Å². The molecule has 10 heteroatoms. The standard InChI is InChI=1S/C11H8Cl2N2O5S/c1-5-4-20-11(14-5)15-21(18,19)9-2-6(10(16)17)7(12)3-8(9)13/h2-4H,1H3,(H,14,15)(H,16,17). The SMILES string of the molecule is Cc1coc(NS(=O)(=O)c2cc(C(=O)O)c(Cl)cc2Cl)n1. The van der Waals surface area contributed by atoms with Crippen molar-refractivity contribution in [2.24, 2.45) is 0 Å². The molecular weight excluding hydrogens is 343 g/mol. The van der Waals surface area contributed by atoms with Crippen LogP contribution in [-0.2, 0) is 10.0 Å². The van der Waals surface area contributed by atoms with Crippen molar-refractivity contribution < 1.29 is 22.7 Å². The van der Waals surface area contributed by atoms with Crippen molar-refractivity contribution in [3.8, 4) is 0 Å². The zero-order chi connectivity index (χ0) is 15.8. The first-order chi connectivity index (χ1) is 9.70. The number of carbonyl (C=O) groups is 1. The quantitative estimate of drug-likeness (QED) is 0.877. The van der Waals surface area contributed by atoms with Gasteiger partial charge in [0.1, 0.15) is 11.2 Å². The lowest BCUT2D eigenvalue weighted by Gasteiger charge is -2.08. The number of carboxylic acid groups (broad SMARTS) is 1. The average Bonchev–Trinajstić information content (AvgIpc) is 2.72. The summed E-state index contributed by atoms with van der Waals surface area (Å²) < 4.78 is 31.3.